The van der Waals surface area contributed by atoms with Gasteiger partial charge in [-0.25, -0.2) is 4.79 Å². The summed E-state index contributed by atoms with van der Waals surface area (Å²) in [5, 5.41) is 2.26. The zero-order valence-corrected chi connectivity index (χ0v) is 14.0. The average Bonchev–Trinajstić information content (AvgIpc) is 2.61. The van der Waals surface area contributed by atoms with Crippen LogP contribution >= 0.6 is 0 Å². The Bertz CT molecular complexity index is 801. The summed E-state index contributed by atoms with van der Waals surface area (Å²) in [5.74, 6) is -1.10. The minimum absolute atomic E-state index is 0.0359. The smallest absolute Gasteiger partial charge is 0.418 e. The van der Waals surface area contributed by atoms with Crippen LogP contribution in [0.1, 0.15) is 21.5 Å². The summed E-state index contributed by atoms with van der Waals surface area (Å²) < 4.78 is 48.8. The van der Waals surface area contributed by atoms with E-state index in [1.807, 2.05) is 0 Å². The average molecular weight is 367 g/mol. The molecule has 5 nitrogen and oxygen atoms in total. The number of carbonyl (C=O) groups excluding carboxylic acids is 2. The molecule has 0 fully saturated rings. The van der Waals surface area contributed by atoms with Gasteiger partial charge in [0, 0.05) is 0 Å². The van der Waals surface area contributed by atoms with E-state index in [1.54, 1.807) is 0 Å². The summed E-state index contributed by atoms with van der Waals surface area (Å²) in [7, 11) is 2.50. The number of ether oxygens (including phenoxy) is 2. The largest absolute Gasteiger partial charge is 0.497 e. The Morgan fingerprint density at radius 3 is 2.23 bits per heavy atom. The highest BCUT2D eigenvalue weighted by Gasteiger charge is 2.34. The second-order valence-corrected chi connectivity index (χ2v) is 5.32. The molecule has 26 heavy (non-hydrogen) atoms. The van der Waals surface area contributed by atoms with Crippen molar-refractivity contribution in [3.8, 4) is 5.75 Å². The first-order valence-corrected chi connectivity index (χ1v) is 7.47. The fourth-order valence-electron chi connectivity index (χ4n) is 2.25. The van der Waals surface area contributed by atoms with Crippen LogP contribution in [0.5, 0.6) is 5.75 Å². The Labute approximate surface area is 147 Å². The Balaban J connectivity index is 2.14. The molecule has 2 rings (SSSR count). The highest BCUT2D eigenvalue weighted by Crippen LogP contribution is 2.37. The number of hydrogen-bond donors (Lipinski definition) is 1. The molecule has 8 heteroatoms. The van der Waals surface area contributed by atoms with Crippen LogP contribution in [0, 0.1) is 0 Å². The van der Waals surface area contributed by atoms with Crippen LogP contribution < -0.4 is 10.1 Å². The first-order chi connectivity index (χ1) is 12.2. The second-order valence-electron chi connectivity index (χ2n) is 5.32. The van der Waals surface area contributed by atoms with Crippen molar-refractivity contribution >= 4 is 17.6 Å². The number of amides is 1. The normalized spacial score (nSPS) is 11.0. The van der Waals surface area contributed by atoms with Gasteiger partial charge in [0.25, 0.3) is 0 Å². The Morgan fingerprint density at radius 1 is 1.04 bits per heavy atom. The second kappa shape index (κ2) is 7.90. The van der Waals surface area contributed by atoms with Gasteiger partial charge in [-0.3, -0.25) is 4.79 Å². The number of esters is 1. The summed E-state index contributed by atoms with van der Waals surface area (Å²) in [6, 6.07) is 9.30. The molecule has 0 aliphatic carbocycles. The fraction of sp³-hybridized carbons (Fsp3) is 0.222. The van der Waals surface area contributed by atoms with Gasteiger partial charge in [0.2, 0.25) is 5.91 Å². The third kappa shape index (κ3) is 4.75. The zero-order valence-electron chi connectivity index (χ0n) is 14.0. The molecular weight excluding hydrogens is 351 g/mol. The predicted octanol–water partition coefficient (Wildman–Crippen LogP) is 3.68. The quantitative estimate of drug-likeness (QED) is 0.819. The third-order valence-electron chi connectivity index (χ3n) is 3.55. The molecule has 0 spiro atoms. The van der Waals surface area contributed by atoms with Crippen molar-refractivity contribution in [3.63, 3.8) is 0 Å². The van der Waals surface area contributed by atoms with E-state index in [9.17, 15) is 22.8 Å². The summed E-state index contributed by atoms with van der Waals surface area (Å²) in [4.78, 5) is 23.4. The number of carbonyl (C=O) groups is 2. The van der Waals surface area contributed by atoms with Crippen LogP contribution in [-0.4, -0.2) is 26.1 Å². The molecule has 0 bridgehead atoms. The van der Waals surface area contributed by atoms with Crippen molar-refractivity contribution < 1.29 is 32.2 Å². The molecule has 138 valence electrons. The monoisotopic (exact) mass is 367 g/mol. The lowest BCUT2D eigenvalue weighted by Gasteiger charge is -2.15. The topological polar surface area (TPSA) is 64.6 Å². The first kappa shape index (κ1) is 19.3. The SMILES string of the molecule is COC(=O)c1ccc(CC(=O)Nc2ccc(OC)cc2C(F)(F)F)cc1. The molecule has 0 atom stereocenters. The van der Waals surface area contributed by atoms with Gasteiger partial charge in [-0.15, -0.1) is 0 Å². The van der Waals surface area contributed by atoms with Gasteiger partial charge in [-0.1, -0.05) is 12.1 Å². The molecule has 1 N–H and O–H groups in total. The molecule has 0 aliphatic rings. The maximum absolute atomic E-state index is 13.1. The number of nitrogens with one attached hydrogen (secondary N) is 1. The van der Waals surface area contributed by atoms with E-state index in [4.69, 9.17) is 4.74 Å². The van der Waals surface area contributed by atoms with Crippen molar-refractivity contribution in [1.29, 1.82) is 0 Å². The first-order valence-electron chi connectivity index (χ1n) is 7.47. The molecule has 0 aliphatic heterocycles. The van der Waals surface area contributed by atoms with Crippen molar-refractivity contribution in [2.24, 2.45) is 0 Å². The molecule has 2 aromatic rings. The summed E-state index contributed by atoms with van der Waals surface area (Å²) >= 11 is 0. The number of rotatable bonds is 5. The van der Waals surface area contributed by atoms with Gasteiger partial charge >= 0.3 is 12.1 Å². The van der Waals surface area contributed by atoms with Gasteiger partial charge in [-0.2, -0.15) is 13.2 Å². The van der Waals surface area contributed by atoms with Crippen molar-refractivity contribution in [2.45, 2.75) is 12.6 Å². The maximum Gasteiger partial charge on any atom is 0.418 e. The molecule has 1 amide bonds. The van der Waals surface area contributed by atoms with E-state index in [-0.39, 0.29) is 17.9 Å². The lowest BCUT2D eigenvalue weighted by atomic mass is 10.1. The van der Waals surface area contributed by atoms with Crippen LogP contribution in [-0.2, 0) is 22.1 Å². The lowest BCUT2D eigenvalue weighted by molar-refractivity contribution is -0.137. The Kier molecular flexibility index (Phi) is 5.86. The number of anilines is 1. The van der Waals surface area contributed by atoms with Gasteiger partial charge < -0.3 is 14.8 Å². The zero-order chi connectivity index (χ0) is 19.3. The van der Waals surface area contributed by atoms with Crippen molar-refractivity contribution in [2.75, 3.05) is 19.5 Å². The molecule has 0 saturated carbocycles. The number of methoxy groups -OCH3 is 2. The fourth-order valence-corrected chi connectivity index (χ4v) is 2.25. The van der Waals surface area contributed by atoms with E-state index in [1.165, 1.54) is 44.6 Å². The van der Waals surface area contributed by atoms with Crippen LogP contribution in [0.3, 0.4) is 0 Å². The van der Waals surface area contributed by atoms with E-state index in [0.717, 1.165) is 12.1 Å². The van der Waals surface area contributed by atoms with E-state index in [0.29, 0.717) is 11.1 Å². The molecule has 2 aromatic carbocycles. The van der Waals surface area contributed by atoms with Gasteiger partial charge in [0.15, 0.2) is 0 Å². The molecule has 0 saturated heterocycles. The van der Waals surface area contributed by atoms with Gasteiger partial charge in [-0.05, 0) is 35.9 Å². The van der Waals surface area contributed by atoms with Gasteiger partial charge in [0.1, 0.15) is 5.75 Å². The molecule has 0 unspecified atom stereocenters. The number of alkyl halides is 3. The highest BCUT2D eigenvalue weighted by atomic mass is 19.4. The minimum atomic E-state index is -4.64. The van der Waals surface area contributed by atoms with Crippen LogP contribution in [0.25, 0.3) is 0 Å². The number of benzene rings is 2. The lowest BCUT2D eigenvalue weighted by Crippen LogP contribution is -2.18. The van der Waals surface area contributed by atoms with Gasteiger partial charge in [0.05, 0.1) is 37.5 Å². The Morgan fingerprint density at radius 2 is 1.69 bits per heavy atom. The maximum atomic E-state index is 13.1. The summed E-state index contributed by atoms with van der Waals surface area (Å²) in [6.07, 6.45) is -4.79. The van der Waals surface area contributed by atoms with E-state index in [2.05, 4.69) is 10.1 Å². The van der Waals surface area contributed by atoms with E-state index < -0.39 is 23.6 Å². The third-order valence-corrected chi connectivity index (χ3v) is 3.55. The predicted molar refractivity (Wildman–Crippen MR) is 88.1 cm³/mol. The molecule has 0 radical (unpaired) electrons. The Hall–Kier alpha value is -3.03. The minimum Gasteiger partial charge on any atom is -0.497 e. The van der Waals surface area contributed by atoms with Crippen molar-refractivity contribution in [3.05, 3.63) is 59.2 Å². The van der Waals surface area contributed by atoms with Crippen LogP contribution in [0.2, 0.25) is 0 Å². The van der Waals surface area contributed by atoms with Crippen LogP contribution in [0.15, 0.2) is 42.5 Å². The summed E-state index contributed by atoms with van der Waals surface area (Å²) in [5.41, 5.74) is -0.496. The van der Waals surface area contributed by atoms with E-state index >= 15 is 0 Å². The standard InChI is InChI=1S/C18H16F3NO4/c1-25-13-7-8-15(14(10-13)18(19,20)21)22-16(23)9-11-3-5-12(6-4-11)17(24)26-2/h3-8,10H,9H2,1-2H3,(H,22,23). The molecule has 0 aromatic heterocycles. The van der Waals surface area contributed by atoms with Crippen molar-refractivity contribution in [1.82, 2.24) is 0 Å². The summed E-state index contributed by atoms with van der Waals surface area (Å²) in [6.45, 7) is 0. The van der Waals surface area contributed by atoms with Crippen LogP contribution in [0.4, 0.5) is 18.9 Å². The molecular formula is C18H16F3NO4. The molecule has 0 heterocycles. The highest BCUT2D eigenvalue weighted by molar-refractivity contribution is 5.93. The number of hydrogen-bond acceptors (Lipinski definition) is 4. The number of halogens is 3.